The predicted molar refractivity (Wildman–Crippen MR) is 98.4 cm³/mol. The molecule has 5 nitrogen and oxygen atoms in total. The van der Waals surface area contributed by atoms with Gasteiger partial charge in [0, 0.05) is 17.6 Å². The number of aliphatic hydroxyl groups is 1. The topological polar surface area (TPSA) is 61.8 Å². The summed E-state index contributed by atoms with van der Waals surface area (Å²) in [6.45, 7) is -0.539. The molecule has 1 fully saturated rings. The molecule has 0 spiro atoms. The van der Waals surface area contributed by atoms with Gasteiger partial charge in [-0.2, -0.15) is 0 Å². The number of amides is 2. The number of ether oxygens (including phenoxy) is 1. The van der Waals surface area contributed by atoms with Crippen LogP contribution in [0.5, 0.6) is 5.75 Å². The molecule has 0 aromatic heterocycles. The fraction of sp³-hybridized carbons (Fsp3) is 0.316. The number of likely N-dealkylation sites (tertiary alicyclic amines) is 1. The molecule has 0 saturated carbocycles. The number of alkyl halides is 2. The number of hydrogen-bond donors (Lipinski definition) is 2. The molecule has 3 rings (SSSR count). The molecule has 2 aromatic carbocycles. The van der Waals surface area contributed by atoms with Gasteiger partial charge in [0.05, 0.1) is 12.2 Å². The highest BCUT2D eigenvalue weighted by Gasteiger charge is 2.45. The van der Waals surface area contributed by atoms with Crippen molar-refractivity contribution in [3.05, 3.63) is 59.1 Å². The summed E-state index contributed by atoms with van der Waals surface area (Å²) < 4.78 is 33.1. The Balaban J connectivity index is 1.70. The van der Waals surface area contributed by atoms with Gasteiger partial charge in [0.1, 0.15) is 18.5 Å². The maximum atomic E-state index is 13.7. The molecule has 1 atom stereocenters. The Kier molecular flexibility index (Phi) is 5.82. The summed E-state index contributed by atoms with van der Waals surface area (Å²) in [7, 11) is 0. The smallest absolute Gasteiger partial charge is 0.322 e. The van der Waals surface area contributed by atoms with Crippen molar-refractivity contribution in [1.29, 1.82) is 0 Å². The minimum absolute atomic E-state index is 0.0381. The molecule has 144 valence electrons. The van der Waals surface area contributed by atoms with E-state index in [4.69, 9.17) is 16.3 Å². The van der Waals surface area contributed by atoms with Crippen LogP contribution >= 0.6 is 11.6 Å². The maximum absolute atomic E-state index is 13.7. The summed E-state index contributed by atoms with van der Waals surface area (Å²) in [5.74, 6) is -2.99. The first kappa shape index (κ1) is 19.4. The number of anilines is 1. The number of benzene rings is 2. The number of nitrogens with zero attached hydrogens (tertiary/aromatic N) is 1. The Morgan fingerprint density at radius 2 is 2.04 bits per heavy atom. The highest BCUT2D eigenvalue weighted by Crippen LogP contribution is 2.31. The molecule has 27 heavy (non-hydrogen) atoms. The van der Waals surface area contributed by atoms with E-state index in [0.29, 0.717) is 16.5 Å². The van der Waals surface area contributed by atoms with Crippen LogP contribution in [0.3, 0.4) is 0 Å². The van der Waals surface area contributed by atoms with Crippen LogP contribution in [0.2, 0.25) is 5.02 Å². The molecule has 0 aliphatic carbocycles. The largest absolute Gasteiger partial charge is 0.487 e. The van der Waals surface area contributed by atoms with Gasteiger partial charge < -0.3 is 20.1 Å². The van der Waals surface area contributed by atoms with E-state index in [1.165, 1.54) is 0 Å². The van der Waals surface area contributed by atoms with Gasteiger partial charge in [-0.3, -0.25) is 0 Å². The van der Waals surface area contributed by atoms with Gasteiger partial charge in [-0.1, -0.05) is 41.9 Å². The van der Waals surface area contributed by atoms with Crippen LogP contribution in [0.1, 0.15) is 12.0 Å². The van der Waals surface area contributed by atoms with Gasteiger partial charge in [0.25, 0.3) is 5.92 Å². The summed E-state index contributed by atoms with van der Waals surface area (Å²) in [6.07, 6.45) is -1.92. The predicted octanol–water partition coefficient (Wildman–Crippen LogP) is 4.15. The fourth-order valence-corrected chi connectivity index (χ4v) is 2.91. The van der Waals surface area contributed by atoms with Crippen molar-refractivity contribution >= 4 is 23.3 Å². The number of piperidine rings is 1. The molecule has 1 saturated heterocycles. The summed E-state index contributed by atoms with van der Waals surface area (Å²) in [4.78, 5) is 13.4. The second-order valence-electron chi connectivity index (χ2n) is 6.33. The molecule has 0 bridgehead atoms. The van der Waals surface area contributed by atoms with E-state index in [1.807, 2.05) is 30.3 Å². The van der Waals surface area contributed by atoms with Gasteiger partial charge in [0.15, 0.2) is 0 Å². The molecule has 2 N–H and O–H groups in total. The number of rotatable bonds is 4. The van der Waals surface area contributed by atoms with Crippen LogP contribution in [-0.4, -0.2) is 41.2 Å². The quantitative estimate of drug-likeness (QED) is 0.816. The van der Waals surface area contributed by atoms with E-state index in [9.17, 15) is 18.7 Å². The summed E-state index contributed by atoms with van der Waals surface area (Å²) in [5.41, 5.74) is 1.26. The Labute approximate surface area is 160 Å². The van der Waals surface area contributed by atoms with Crippen molar-refractivity contribution in [1.82, 2.24) is 4.90 Å². The standard InChI is InChI=1S/C19H19ClF2N2O3/c20-14-6-7-15(16(10-14)27-11-13-4-2-1-3-5-13)23-18(26)24-9-8-17(25)19(21,22)12-24/h1-7,10,17,25H,8-9,11-12H2,(H,23,26). The molecule has 1 unspecified atom stereocenters. The molecule has 2 aromatic rings. The molecule has 1 heterocycles. The molecule has 0 radical (unpaired) electrons. The summed E-state index contributed by atoms with van der Waals surface area (Å²) >= 11 is 6.01. The lowest BCUT2D eigenvalue weighted by molar-refractivity contribution is -0.140. The second kappa shape index (κ2) is 8.10. The molecular weight excluding hydrogens is 378 g/mol. The van der Waals surface area contributed by atoms with Crippen molar-refractivity contribution in [3.8, 4) is 5.75 Å². The van der Waals surface area contributed by atoms with E-state index in [1.54, 1.807) is 18.2 Å². The number of hydrogen-bond acceptors (Lipinski definition) is 3. The fourth-order valence-electron chi connectivity index (χ4n) is 2.75. The van der Waals surface area contributed by atoms with Crippen LogP contribution in [-0.2, 0) is 6.61 Å². The number of halogens is 3. The molecule has 2 amide bonds. The van der Waals surface area contributed by atoms with Gasteiger partial charge in [-0.15, -0.1) is 0 Å². The van der Waals surface area contributed by atoms with Crippen molar-refractivity contribution in [2.45, 2.75) is 25.1 Å². The van der Waals surface area contributed by atoms with Gasteiger partial charge in [0.2, 0.25) is 0 Å². The number of urea groups is 1. The van der Waals surface area contributed by atoms with Gasteiger partial charge >= 0.3 is 6.03 Å². The zero-order chi connectivity index (χ0) is 19.4. The Hall–Kier alpha value is -2.38. The Bertz CT molecular complexity index is 805. The first-order chi connectivity index (χ1) is 12.8. The van der Waals surface area contributed by atoms with E-state index in [-0.39, 0.29) is 19.6 Å². The second-order valence-corrected chi connectivity index (χ2v) is 6.77. The molecular formula is C19H19ClF2N2O3. The van der Waals surface area contributed by atoms with E-state index in [2.05, 4.69) is 5.32 Å². The van der Waals surface area contributed by atoms with Crippen molar-refractivity contribution in [2.75, 3.05) is 18.4 Å². The van der Waals surface area contributed by atoms with Gasteiger partial charge in [-0.25, -0.2) is 13.6 Å². The maximum Gasteiger partial charge on any atom is 0.322 e. The Morgan fingerprint density at radius 3 is 2.74 bits per heavy atom. The van der Waals surface area contributed by atoms with Crippen LogP contribution in [0.4, 0.5) is 19.3 Å². The molecule has 1 aliphatic rings. The molecule has 1 aliphatic heterocycles. The van der Waals surface area contributed by atoms with Crippen molar-refractivity contribution in [2.24, 2.45) is 0 Å². The lowest BCUT2D eigenvalue weighted by Crippen LogP contribution is -2.54. The first-order valence-corrected chi connectivity index (χ1v) is 8.81. The summed E-state index contributed by atoms with van der Waals surface area (Å²) in [6, 6.07) is 13.4. The zero-order valence-corrected chi connectivity index (χ0v) is 15.1. The van der Waals surface area contributed by atoms with E-state index < -0.39 is 24.6 Å². The summed E-state index contributed by atoms with van der Waals surface area (Å²) in [5, 5.41) is 12.3. The zero-order valence-electron chi connectivity index (χ0n) is 14.4. The lowest BCUT2D eigenvalue weighted by Gasteiger charge is -2.35. The third-order valence-corrected chi connectivity index (χ3v) is 4.51. The third kappa shape index (κ3) is 4.87. The highest BCUT2D eigenvalue weighted by atomic mass is 35.5. The minimum Gasteiger partial charge on any atom is -0.487 e. The highest BCUT2D eigenvalue weighted by molar-refractivity contribution is 6.30. The lowest BCUT2D eigenvalue weighted by atomic mass is 10.0. The first-order valence-electron chi connectivity index (χ1n) is 8.43. The van der Waals surface area contributed by atoms with Crippen molar-refractivity contribution in [3.63, 3.8) is 0 Å². The van der Waals surface area contributed by atoms with Gasteiger partial charge in [-0.05, 0) is 24.1 Å². The van der Waals surface area contributed by atoms with Crippen LogP contribution in [0.25, 0.3) is 0 Å². The SMILES string of the molecule is O=C(Nc1ccc(Cl)cc1OCc1ccccc1)N1CCC(O)C(F)(F)C1. The molecule has 8 heteroatoms. The van der Waals surface area contributed by atoms with Crippen LogP contribution < -0.4 is 10.1 Å². The number of aliphatic hydroxyl groups excluding tert-OH is 1. The average Bonchev–Trinajstić information content (AvgIpc) is 2.64. The number of nitrogens with one attached hydrogen (secondary N) is 1. The number of carbonyl (C=O) groups excluding carboxylic acids is 1. The van der Waals surface area contributed by atoms with Crippen LogP contribution in [0, 0.1) is 0 Å². The van der Waals surface area contributed by atoms with Crippen LogP contribution in [0.15, 0.2) is 48.5 Å². The van der Waals surface area contributed by atoms with E-state index in [0.717, 1.165) is 10.5 Å². The average molecular weight is 397 g/mol. The third-order valence-electron chi connectivity index (χ3n) is 4.27. The minimum atomic E-state index is -3.33. The van der Waals surface area contributed by atoms with Crippen molar-refractivity contribution < 1.29 is 23.4 Å². The normalized spacial score (nSPS) is 18.8. The number of carbonyl (C=O) groups is 1. The monoisotopic (exact) mass is 396 g/mol. The Morgan fingerprint density at radius 1 is 1.30 bits per heavy atom. The van der Waals surface area contributed by atoms with E-state index >= 15 is 0 Å².